The third kappa shape index (κ3) is 44.4. The maximum Gasteiger partial charge on any atom is 0.0701 e. The van der Waals surface area contributed by atoms with Gasteiger partial charge in [-0.15, -0.1) is 0 Å². The number of hydrogen-bond acceptors (Lipinski definition) is 13. The van der Waals surface area contributed by atoms with E-state index in [1.165, 1.54) is 25.7 Å². The van der Waals surface area contributed by atoms with Gasteiger partial charge in [-0.3, -0.25) is 0 Å². The van der Waals surface area contributed by atoms with E-state index >= 15 is 0 Å². The first-order valence-electron chi connectivity index (χ1n) is 21.0. The summed E-state index contributed by atoms with van der Waals surface area (Å²) in [6.45, 7) is 31.4. The van der Waals surface area contributed by atoms with Gasteiger partial charge in [-0.1, -0.05) is 61.8 Å². The highest BCUT2D eigenvalue weighted by atomic mass is 16.6. The molecule has 13 nitrogen and oxygen atoms in total. The number of hydrogen-bond donors (Lipinski definition) is 1. The van der Waals surface area contributed by atoms with E-state index in [-0.39, 0.29) is 6.61 Å². The summed E-state index contributed by atoms with van der Waals surface area (Å²) < 4.78 is 66.4. The van der Waals surface area contributed by atoms with E-state index < -0.39 is 0 Å². The Balaban J connectivity index is 3.43. The van der Waals surface area contributed by atoms with Crippen LogP contribution in [0.15, 0.2) is 0 Å². The second-order valence-corrected chi connectivity index (χ2v) is 16.5. The van der Waals surface area contributed by atoms with Crippen molar-refractivity contribution in [1.82, 2.24) is 0 Å². The van der Waals surface area contributed by atoms with Gasteiger partial charge in [0.15, 0.2) is 0 Å². The molecular weight excluding hydrogens is 712 g/mol. The predicted octanol–water partition coefficient (Wildman–Crippen LogP) is 5.72. The Bertz CT molecular complexity index is 763. The smallest absolute Gasteiger partial charge is 0.0701 e. The van der Waals surface area contributed by atoms with E-state index in [2.05, 4.69) is 55.4 Å². The lowest BCUT2D eigenvalue weighted by Gasteiger charge is -2.31. The third-order valence-electron chi connectivity index (χ3n) is 8.39. The van der Waals surface area contributed by atoms with Gasteiger partial charge in [0.25, 0.3) is 0 Å². The average molecular weight is 799 g/mol. The lowest BCUT2D eigenvalue weighted by Crippen LogP contribution is -2.24. The van der Waals surface area contributed by atoms with E-state index in [0.29, 0.717) is 175 Å². The molecule has 0 aliphatic heterocycles. The Morgan fingerprint density at radius 2 is 0.600 bits per heavy atom. The minimum absolute atomic E-state index is 0.0256. The van der Waals surface area contributed by atoms with Crippen molar-refractivity contribution in [1.29, 1.82) is 0 Å². The van der Waals surface area contributed by atoms with Crippen LogP contribution in [0.1, 0.15) is 81.1 Å². The van der Waals surface area contributed by atoms with Crippen molar-refractivity contribution in [3.8, 4) is 0 Å². The molecule has 55 heavy (non-hydrogen) atoms. The van der Waals surface area contributed by atoms with E-state index in [4.69, 9.17) is 61.9 Å². The standard InChI is InChI=1S/C42H86O13/c1-38(35-41(3,4)5)9-10-40(39(2)36-42(6,7)8)37-55-34-33-54-32-31-53-30-29-52-28-27-51-26-25-50-24-23-49-22-21-48-20-19-47-18-17-46-16-15-45-14-13-44-12-11-43/h38-40,43H,9-37H2,1-8H3. The van der Waals surface area contributed by atoms with E-state index in [0.717, 1.165) is 12.5 Å². The second-order valence-electron chi connectivity index (χ2n) is 16.5. The topological polar surface area (TPSA) is 131 Å². The average Bonchev–Trinajstić information content (AvgIpc) is 3.11. The predicted molar refractivity (Wildman–Crippen MR) is 216 cm³/mol. The van der Waals surface area contributed by atoms with Crippen molar-refractivity contribution in [3.63, 3.8) is 0 Å². The number of ether oxygens (including phenoxy) is 12. The normalized spacial score (nSPS) is 14.1. The van der Waals surface area contributed by atoms with Crippen LogP contribution in [-0.2, 0) is 56.8 Å². The molecule has 3 unspecified atom stereocenters. The molecule has 0 aliphatic carbocycles. The summed E-state index contributed by atoms with van der Waals surface area (Å²) in [5.41, 5.74) is 0.709. The quantitative estimate of drug-likeness (QED) is 0.0756. The van der Waals surface area contributed by atoms with Crippen molar-refractivity contribution in [3.05, 3.63) is 0 Å². The van der Waals surface area contributed by atoms with Gasteiger partial charge in [0, 0.05) is 6.61 Å². The Morgan fingerprint density at radius 1 is 0.345 bits per heavy atom. The zero-order valence-corrected chi connectivity index (χ0v) is 36.6. The zero-order chi connectivity index (χ0) is 40.7. The number of aliphatic hydroxyl groups is 1. The molecule has 0 bridgehead atoms. The number of rotatable bonds is 43. The molecule has 0 heterocycles. The first kappa shape index (κ1) is 54.5. The van der Waals surface area contributed by atoms with Gasteiger partial charge >= 0.3 is 0 Å². The summed E-state index contributed by atoms with van der Waals surface area (Å²) in [6.07, 6.45) is 4.96. The van der Waals surface area contributed by atoms with Crippen LogP contribution in [0.2, 0.25) is 0 Å². The van der Waals surface area contributed by atoms with E-state index in [9.17, 15) is 0 Å². The minimum atomic E-state index is 0.0256. The van der Waals surface area contributed by atoms with Crippen molar-refractivity contribution >= 4 is 0 Å². The van der Waals surface area contributed by atoms with Crippen LogP contribution in [0.25, 0.3) is 0 Å². The molecule has 0 radical (unpaired) electrons. The molecule has 1 N–H and O–H groups in total. The molecule has 332 valence electrons. The summed E-state index contributed by atoms with van der Waals surface area (Å²) in [5, 5.41) is 8.60. The van der Waals surface area contributed by atoms with Crippen molar-refractivity contribution in [2.45, 2.75) is 81.1 Å². The van der Waals surface area contributed by atoms with Gasteiger partial charge in [0.05, 0.1) is 159 Å². The Morgan fingerprint density at radius 3 is 0.855 bits per heavy atom. The highest BCUT2D eigenvalue weighted by Gasteiger charge is 2.24. The zero-order valence-electron chi connectivity index (χ0n) is 36.6. The van der Waals surface area contributed by atoms with Gasteiger partial charge in [-0.2, -0.15) is 0 Å². The van der Waals surface area contributed by atoms with Crippen LogP contribution >= 0.6 is 0 Å². The van der Waals surface area contributed by atoms with Crippen molar-refractivity contribution in [2.24, 2.45) is 28.6 Å². The molecule has 0 aromatic heterocycles. The summed E-state index contributed by atoms with van der Waals surface area (Å²) in [7, 11) is 0. The highest BCUT2D eigenvalue weighted by molar-refractivity contribution is 4.75. The fourth-order valence-electron chi connectivity index (χ4n) is 6.03. The van der Waals surface area contributed by atoms with Gasteiger partial charge in [-0.25, -0.2) is 0 Å². The molecule has 0 saturated heterocycles. The van der Waals surface area contributed by atoms with Gasteiger partial charge < -0.3 is 61.9 Å². The molecule has 3 atom stereocenters. The molecule has 13 heteroatoms. The van der Waals surface area contributed by atoms with Gasteiger partial charge in [0.2, 0.25) is 0 Å². The van der Waals surface area contributed by atoms with Gasteiger partial charge in [0.1, 0.15) is 0 Å². The maximum atomic E-state index is 8.60. The van der Waals surface area contributed by atoms with Crippen LogP contribution in [0.3, 0.4) is 0 Å². The lowest BCUT2D eigenvalue weighted by atomic mass is 9.76. The molecule has 0 aromatic rings. The van der Waals surface area contributed by atoms with Crippen molar-refractivity contribution in [2.75, 3.05) is 165 Å². The molecule has 0 aromatic carbocycles. The summed E-state index contributed by atoms with van der Waals surface area (Å²) in [5.74, 6) is 1.95. The molecule has 0 fully saturated rings. The molecule has 0 rings (SSSR count). The SMILES string of the molecule is CC(CCC(COCCOCCOCCOCCOCCOCCOCCOCCOCCOCCOCCOCCO)C(C)CC(C)(C)C)CC(C)(C)C. The minimum Gasteiger partial charge on any atom is -0.394 e. The summed E-state index contributed by atoms with van der Waals surface area (Å²) in [4.78, 5) is 0. The number of aliphatic hydroxyl groups excluding tert-OH is 1. The fraction of sp³-hybridized carbons (Fsp3) is 1.00. The second kappa shape index (κ2) is 39.0. The van der Waals surface area contributed by atoms with Crippen LogP contribution < -0.4 is 0 Å². The Kier molecular flexibility index (Phi) is 38.6. The van der Waals surface area contributed by atoms with Crippen LogP contribution in [0.4, 0.5) is 0 Å². The van der Waals surface area contributed by atoms with Crippen LogP contribution in [0, 0.1) is 28.6 Å². The van der Waals surface area contributed by atoms with E-state index in [1.807, 2.05) is 0 Å². The third-order valence-corrected chi connectivity index (χ3v) is 8.39. The first-order valence-corrected chi connectivity index (χ1v) is 21.0. The summed E-state index contributed by atoms with van der Waals surface area (Å²) in [6, 6.07) is 0. The van der Waals surface area contributed by atoms with E-state index in [1.54, 1.807) is 0 Å². The first-order chi connectivity index (χ1) is 26.4. The molecule has 0 spiro atoms. The largest absolute Gasteiger partial charge is 0.394 e. The Labute approximate surface area is 336 Å². The molecule has 0 aliphatic rings. The van der Waals surface area contributed by atoms with Crippen LogP contribution in [0.5, 0.6) is 0 Å². The molecule has 0 amide bonds. The lowest BCUT2D eigenvalue weighted by molar-refractivity contribution is -0.0292. The summed E-state index contributed by atoms with van der Waals surface area (Å²) >= 11 is 0. The fourth-order valence-corrected chi connectivity index (χ4v) is 6.03. The van der Waals surface area contributed by atoms with Crippen LogP contribution in [-0.4, -0.2) is 170 Å². The highest BCUT2D eigenvalue weighted by Crippen LogP contribution is 2.33. The molecule has 0 saturated carbocycles. The maximum absolute atomic E-state index is 8.60. The molecular formula is C42H86O13. The van der Waals surface area contributed by atoms with Gasteiger partial charge in [-0.05, 0) is 47.8 Å². The Hall–Kier alpha value is -0.520. The van der Waals surface area contributed by atoms with Crippen molar-refractivity contribution < 1.29 is 61.9 Å². The monoisotopic (exact) mass is 799 g/mol.